The third kappa shape index (κ3) is 5.52. The van der Waals surface area contributed by atoms with Crippen molar-refractivity contribution in [1.29, 1.82) is 0 Å². The number of hydrogen-bond donors (Lipinski definition) is 2. The van der Waals surface area contributed by atoms with Gasteiger partial charge in [0.25, 0.3) is 0 Å². The van der Waals surface area contributed by atoms with Gasteiger partial charge in [0.05, 0.1) is 6.61 Å². The maximum absolute atomic E-state index is 11.3. The predicted molar refractivity (Wildman–Crippen MR) is 85.1 cm³/mol. The lowest BCUT2D eigenvalue weighted by Crippen LogP contribution is -2.32. The van der Waals surface area contributed by atoms with Crippen LogP contribution in [0.25, 0.3) is 0 Å². The van der Waals surface area contributed by atoms with Gasteiger partial charge in [-0.25, -0.2) is 4.79 Å². The van der Waals surface area contributed by atoms with Gasteiger partial charge in [0, 0.05) is 11.3 Å². The first kappa shape index (κ1) is 16.4. The highest BCUT2D eigenvalue weighted by Crippen LogP contribution is 2.16. The monoisotopic (exact) mass is 295 g/mol. The largest absolute Gasteiger partial charge is 0.450 e. The first-order valence-electron chi connectivity index (χ1n) is 6.56. The summed E-state index contributed by atoms with van der Waals surface area (Å²) in [5.41, 5.74) is 7.39. The van der Waals surface area contributed by atoms with Gasteiger partial charge in [-0.2, -0.15) is 0 Å². The van der Waals surface area contributed by atoms with Gasteiger partial charge >= 0.3 is 6.09 Å². The first-order valence-corrected chi connectivity index (χ1v) is 7.55. The second-order valence-corrected chi connectivity index (χ2v) is 5.28. The number of benzene rings is 1. The minimum atomic E-state index is -0.457. The van der Waals surface area contributed by atoms with Crippen LogP contribution < -0.4 is 11.1 Å². The minimum absolute atomic E-state index is 0.344. The zero-order chi connectivity index (χ0) is 15.0. The second-order valence-electron chi connectivity index (χ2n) is 4.03. The fourth-order valence-electron chi connectivity index (χ4n) is 1.51. The summed E-state index contributed by atoms with van der Waals surface area (Å²) in [5, 5.41) is 3.54. The Morgan fingerprint density at radius 3 is 2.60 bits per heavy atom. The molecule has 1 aromatic rings. The number of ether oxygens (including phenoxy) is 1. The summed E-state index contributed by atoms with van der Waals surface area (Å²) in [6, 6.07) is 7.52. The zero-order valence-corrected chi connectivity index (χ0v) is 12.9. The average molecular weight is 295 g/mol. The molecular formula is C14H21N3O2S. The summed E-state index contributed by atoms with van der Waals surface area (Å²) < 4.78 is 4.83. The van der Waals surface area contributed by atoms with Crippen LogP contribution in [-0.4, -0.2) is 29.7 Å². The summed E-state index contributed by atoms with van der Waals surface area (Å²) in [7, 11) is 0. The number of alkyl carbamates (subject to hydrolysis) is 1. The highest BCUT2D eigenvalue weighted by atomic mass is 32.2. The molecule has 1 unspecified atom stereocenters. The fraction of sp³-hybridized carbons (Fsp3) is 0.429. The van der Waals surface area contributed by atoms with E-state index in [9.17, 15) is 4.79 Å². The van der Waals surface area contributed by atoms with E-state index in [1.165, 1.54) is 0 Å². The van der Waals surface area contributed by atoms with Crippen LogP contribution in [-0.2, 0) is 4.74 Å². The van der Waals surface area contributed by atoms with Gasteiger partial charge in [-0.15, -0.1) is 11.8 Å². The summed E-state index contributed by atoms with van der Waals surface area (Å²) >= 11 is 1.62. The van der Waals surface area contributed by atoms with Crippen LogP contribution in [0.5, 0.6) is 0 Å². The standard InChI is InChI=1S/C14H21N3O2S/c1-4-19-14(18)17-10(3)16-13(20-5-2)11-6-8-12(15)9-7-11/h6-10H,4-5,15H2,1-3H3,(H,17,18)/b16-13-. The average Bonchev–Trinajstić information content (AvgIpc) is 2.39. The van der Waals surface area contributed by atoms with Crippen LogP contribution in [0.3, 0.4) is 0 Å². The van der Waals surface area contributed by atoms with Crippen molar-refractivity contribution in [2.24, 2.45) is 4.99 Å². The predicted octanol–water partition coefficient (Wildman–Crippen LogP) is 2.86. The van der Waals surface area contributed by atoms with Crippen LogP contribution >= 0.6 is 11.8 Å². The molecule has 0 fully saturated rings. The molecule has 5 nitrogen and oxygen atoms in total. The van der Waals surface area contributed by atoms with Gasteiger partial charge in [-0.05, 0) is 31.7 Å². The Labute approximate surface area is 124 Å². The van der Waals surface area contributed by atoms with Crippen molar-refractivity contribution in [3.05, 3.63) is 29.8 Å². The van der Waals surface area contributed by atoms with Gasteiger partial charge < -0.3 is 10.5 Å². The van der Waals surface area contributed by atoms with E-state index in [0.717, 1.165) is 16.4 Å². The quantitative estimate of drug-likeness (QED) is 0.497. The molecule has 6 heteroatoms. The van der Waals surface area contributed by atoms with E-state index in [2.05, 4.69) is 17.2 Å². The molecule has 0 aliphatic carbocycles. The Kier molecular flexibility index (Phi) is 6.93. The molecule has 1 rings (SSSR count). The number of nitrogens with zero attached hydrogens (tertiary/aromatic N) is 1. The van der Waals surface area contributed by atoms with E-state index >= 15 is 0 Å². The lowest BCUT2D eigenvalue weighted by molar-refractivity contribution is 0.149. The smallest absolute Gasteiger partial charge is 0.408 e. The Hall–Kier alpha value is -1.69. The number of rotatable bonds is 5. The number of anilines is 1. The lowest BCUT2D eigenvalue weighted by Gasteiger charge is -2.12. The van der Waals surface area contributed by atoms with Gasteiger partial charge in [0.1, 0.15) is 11.2 Å². The third-order valence-electron chi connectivity index (χ3n) is 2.35. The molecular weight excluding hydrogens is 274 g/mol. The van der Waals surface area contributed by atoms with E-state index in [-0.39, 0.29) is 6.17 Å². The van der Waals surface area contributed by atoms with Crippen molar-refractivity contribution in [1.82, 2.24) is 5.32 Å². The Morgan fingerprint density at radius 1 is 1.40 bits per heavy atom. The summed E-state index contributed by atoms with van der Waals surface area (Å²) in [6.07, 6.45) is -0.803. The summed E-state index contributed by atoms with van der Waals surface area (Å²) in [5.74, 6) is 0.898. The number of carbonyl (C=O) groups is 1. The van der Waals surface area contributed by atoms with E-state index in [1.807, 2.05) is 31.2 Å². The maximum atomic E-state index is 11.3. The molecule has 0 bridgehead atoms. The van der Waals surface area contributed by atoms with Gasteiger partial charge in [0.2, 0.25) is 0 Å². The number of carbonyl (C=O) groups excluding carboxylic acids is 1. The van der Waals surface area contributed by atoms with E-state index in [0.29, 0.717) is 12.3 Å². The molecule has 0 saturated carbocycles. The molecule has 0 saturated heterocycles. The van der Waals surface area contributed by atoms with E-state index < -0.39 is 6.09 Å². The Morgan fingerprint density at radius 2 is 2.05 bits per heavy atom. The molecule has 0 spiro atoms. The number of aliphatic imine (C=N–C) groups is 1. The fourth-order valence-corrected chi connectivity index (χ4v) is 2.32. The molecule has 1 atom stereocenters. The van der Waals surface area contributed by atoms with Crippen LogP contribution in [0.2, 0.25) is 0 Å². The van der Waals surface area contributed by atoms with Crippen LogP contribution in [0.15, 0.2) is 29.3 Å². The molecule has 1 amide bonds. The van der Waals surface area contributed by atoms with Crippen molar-refractivity contribution >= 4 is 28.6 Å². The number of thioether (sulfide) groups is 1. The van der Waals surface area contributed by atoms with Crippen LogP contribution in [0.4, 0.5) is 10.5 Å². The number of nitrogen functional groups attached to an aromatic ring is 1. The minimum Gasteiger partial charge on any atom is -0.450 e. The molecule has 1 aromatic carbocycles. The number of amides is 1. The second kappa shape index (κ2) is 8.47. The van der Waals surface area contributed by atoms with Crippen molar-refractivity contribution in [3.8, 4) is 0 Å². The lowest BCUT2D eigenvalue weighted by atomic mass is 10.2. The summed E-state index contributed by atoms with van der Waals surface area (Å²) in [4.78, 5) is 15.9. The molecule has 110 valence electrons. The van der Waals surface area contributed by atoms with E-state index in [1.54, 1.807) is 18.7 Å². The molecule has 0 radical (unpaired) electrons. The molecule has 3 N–H and O–H groups in total. The maximum Gasteiger partial charge on any atom is 0.408 e. The van der Waals surface area contributed by atoms with Gasteiger partial charge in [0.15, 0.2) is 0 Å². The van der Waals surface area contributed by atoms with Crippen LogP contribution in [0, 0.1) is 0 Å². The normalized spacial score (nSPS) is 12.8. The topological polar surface area (TPSA) is 76.7 Å². The molecule has 0 aliphatic rings. The van der Waals surface area contributed by atoms with Crippen molar-refractivity contribution in [2.75, 3.05) is 18.1 Å². The SMILES string of the molecule is CCOC(=O)NC(C)/N=C(\SCC)c1ccc(N)cc1. The van der Waals surface area contributed by atoms with Crippen molar-refractivity contribution in [2.45, 2.75) is 26.9 Å². The van der Waals surface area contributed by atoms with Crippen molar-refractivity contribution < 1.29 is 9.53 Å². The molecule has 0 heterocycles. The zero-order valence-electron chi connectivity index (χ0n) is 12.1. The Balaban J connectivity index is 2.81. The molecule has 0 aliphatic heterocycles. The van der Waals surface area contributed by atoms with Gasteiger partial charge in [-0.3, -0.25) is 10.3 Å². The Bertz CT molecular complexity index is 460. The van der Waals surface area contributed by atoms with E-state index in [4.69, 9.17) is 10.5 Å². The summed E-state index contributed by atoms with van der Waals surface area (Å²) in [6.45, 7) is 5.97. The van der Waals surface area contributed by atoms with Crippen LogP contribution in [0.1, 0.15) is 26.3 Å². The third-order valence-corrected chi connectivity index (χ3v) is 3.25. The highest BCUT2D eigenvalue weighted by molar-refractivity contribution is 8.14. The van der Waals surface area contributed by atoms with Gasteiger partial charge in [-0.1, -0.05) is 19.1 Å². The number of nitrogens with one attached hydrogen (secondary N) is 1. The number of hydrogen-bond acceptors (Lipinski definition) is 5. The number of nitrogens with two attached hydrogens (primary N) is 1. The highest BCUT2D eigenvalue weighted by Gasteiger charge is 2.09. The molecule has 0 aromatic heterocycles. The first-order chi connectivity index (χ1) is 9.56. The molecule has 20 heavy (non-hydrogen) atoms. The van der Waals surface area contributed by atoms with Crippen molar-refractivity contribution in [3.63, 3.8) is 0 Å².